The lowest BCUT2D eigenvalue weighted by molar-refractivity contribution is 0.102. The minimum Gasteiger partial charge on any atom is -0.397 e. The van der Waals surface area contributed by atoms with Gasteiger partial charge in [-0.3, -0.25) is 4.79 Å². The lowest BCUT2D eigenvalue weighted by Gasteiger charge is -2.08. The Balaban J connectivity index is 2.28. The number of nitrogens with one attached hydrogen (secondary N) is 1. The summed E-state index contributed by atoms with van der Waals surface area (Å²) in [6, 6.07) is 8.95. The molecule has 18 heavy (non-hydrogen) atoms. The molecule has 0 saturated heterocycles. The van der Waals surface area contributed by atoms with Gasteiger partial charge in [0, 0.05) is 3.57 Å². The van der Waals surface area contributed by atoms with Crippen molar-refractivity contribution in [2.24, 2.45) is 0 Å². The molecule has 0 aliphatic rings. The molecule has 2 rings (SSSR count). The summed E-state index contributed by atoms with van der Waals surface area (Å²) in [5, 5.41) is 2.90. The van der Waals surface area contributed by atoms with E-state index >= 15 is 0 Å². The second-order valence-electron chi connectivity index (χ2n) is 3.54. The topological polar surface area (TPSA) is 68.0 Å². The van der Waals surface area contributed by atoms with Crippen molar-refractivity contribution in [3.63, 3.8) is 0 Å². The maximum absolute atomic E-state index is 12.0. The number of benzene rings is 1. The van der Waals surface area contributed by atoms with Crippen molar-refractivity contribution < 1.29 is 4.79 Å². The number of nitrogens with zero attached hydrogens (tertiary/aromatic N) is 1. The Bertz CT molecular complexity index is 604. The number of nitrogens with two attached hydrogens (primary N) is 1. The quantitative estimate of drug-likeness (QED) is 0.627. The van der Waals surface area contributed by atoms with Gasteiger partial charge in [0.2, 0.25) is 0 Å². The summed E-state index contributed by atoms with van der Waals surface area (Å²) in [6.07, 6.45) is 1.41. The van der Waals surface area contributed by atoms with E-state index in [1.165, 1.54) is 12.3 Å². The molecule has 0 aliphatic carbocycles. The van der Waals surface area contributed by atoms with Gasteiger partial charge in [0.1, 0.15) is 5.15 Å². The molecule has 0 spiro atoms. The number of rotatable bonds is 2. The van der Waals surface area contributed by atoms with E-state index in [0.29, 0.717) is 5.69 Å². The van der Waals surface area contributed by atoms with Crippen LogP contribution in [-0.4, -0.2) is 10.9 Å². The predicted octanol–water partition coefficient (Wildman–Crippen LogP) is 3.17. The molecule has 0 fully saturated rings. The van der Waals surface area contributed by atoms with E-state index in [0.717, 1.165) is 9.26 Å². The Morgan fingerprint density at radius 1 is 1.39 bits per heavy atom. The molecule has 0 saturated carbocycles. The van der Waals surface area contributed by atoms with E-state index in [1.54, 1.807) is 0 Å². The van der Waals surface area contributed by atoms with Crippen LogP contribution in [0.2, 0.25) is 5.15 Å². The summed E-state index contributed by atoms with van der Waals surface area (Å²) in [5.41, 5.74) is 6.97. The van der Waals surface area contributed by atoms with E-state index in [2.05, 4.69) is 32.9 Å². The molecule has 0 bridgehead atoms. The predicted molar refractivity (Wildman–Crippen MR) is 80.8 cm³/mol. The molecule has 1 aromatic heterocycles. The maximum atomic E-state index is 12.0. The molecule has 1 heterocycles. The van der Waals surface area contributed by atoms with Gasteiger partial charge in [-0.2, -0.15) is 0 Å². The van der Waals surface area contributed by atoms with Crippen LogP contribution in [0, 0.1) is 3.57 Å². The van der Waals surface area contributed by atoms with Gasteiger partial charge in [0.25, 0.3) is 5.91 Å². The fourth-order valence-electron chi connectivity index (χ4n) is 1.38. The zero-order valence-corrected chi connectivity index (χ0v) is 12.1. The second kappa shape index (κ2) is 5.53. The first-order chi connectivity index (χ1) is 8.58. The van der Waals surface area contributed by atoms with Gasteiger partial charge in [-0.15, -0.1) is 0 Å². The summed E-state index contributed by atoms with van der Waals surface area (Å²) in [4.78, 5) is 15.9. The van der Waals surface area contributed by atoms with Crippen molar-refractivity contribution in [1.82, 2.24) is 4.98 Å². The van der Waals surface area contributed by atoms with Gasteiger partial charge in [0.05, 0.1) is 23.1 Å². The van der Waals surface area contributed by atoms with Gasteiger partial charge >= 0.3 is 0 Å². The van der Waals surface area contributed by atoms with Crippen LogP contribution in [0.25, 0.3) is 0 Å². The maximum Gasteiger partial charge on any atom is 0.258 e. The molecular weight excluding hydrogens is 365 g/mol. The number of amides is 1. The van der Waals surface area contributed by atoms with E-state index in [9.17, 15) is 4.79 Å². The third kappa shape index (κ3) is 2.91. The molecule has 6 heteroatoms. The average Bonchev–Trinajstić information content (AvgIpc) is 2.35. The Kier molecular flexibility index (Phi) is 4.03. The number of carbonyl (C=O) groups is 1. The molecule has 0 radical (unpaired) electrons. The van der Waals surface area contributed by atoms with Crippen molar-refractivity contribution in [3.05, 3.63) is 50.8 Å². The van der Waals surface area contributed by atoms with E-state index in [4.69, 9.17) is 17.3 Å². The average molecular weight is 374 g/mol. The summed E-state index contributed by atoms with van der Waals surface area (Å²) in [6.45, 7) is 0. The minimum atomic E-state index is -0.330. The standard InChI is InChI=1S/C12H9ClIN3O/c13-11-8(5-7(15)6-16-11)12(18)17-10-4-2-1-3-9(10)14/h1-6H,15H2,(H,17,18). The highest BCUT2D eigenvalue weighted by molar-refractivity contribution is 14.1. The summed E-state index contributed by atoms with van der Waals surface area (Å²) >= 11 is 8.01. The van der Waals surface area contributed by atoms with Gasteiger partial charge in [-0.05, 0) is 40.8 Å². The molecule has 0 unspecified atom stereocenters. The Morgan fingerprint density at radius 2 is 2.11 bits per heavy atom. The Morgan fingerprint density at radius 3 is 2.83 bits per heavy atom. The summed E-state index contributed by atoms with van der Waals surface area (Å²) < 4.78 is 0.941. The molecule has 1 amide bonds. The number of anilines is 2. The fraction of sp³-hybridized carbons (Fsp3) is 0. The van der Waals surface area contributed by atoms with Crippen molar-refractivity contribution in [3.8, 4) is 0 Å². The number of nitrogen functional groups attached to an aromatic ring is 1. The second-order valence-corrected chi connectivity index (χ2v) is 5.06. The van der Waals surface area contributed by atoms with Crippen LogP contribution >= 0.6 is 34.2 Å². The highest BCUT2D eigenvalue weighted by Gasteiger charge is 2.13. The SMILES string of the molecule is Nc1cnc(Cl)c(C(=O)Nc2ccccc2I)c1. The fourth-order valence-corrected chi connectivity index (χ4v) is 2.09. The number of para-hydroxylation sites is 1. The highest BCUT2D eigenvalue weighted by atomic mass is 127. The smallest absolute Gasteiger partial charge is 0.258 e. The zero-order valence-electron chi connectivity index (χ0n) is 9.15. The molecule has 92 valence electrons. The van der Waals surface area contributed by atoms with Crippen LogP contribution in [-0.2, 0) is 0 Å². The molecule has 1 aromatic carbocycles. The Hall–Kier alpha value is -1.34. The van der Waals surface area contributed by atoms with Crippen LogP contribution in [0.4, 0.5) is 11.4 Å². The van der Waals surface area contributed by atoms with Crippen molar-refractivity contribution >= 4 is 51.5 Å². The van der Waals surface area contributed by atoms with Gasteiger partial charge in [0.15, 0.2) is 0 Å². The first-order valence-corrected chi connectivity index (χ1v) is 6.50. The number of hydrogen-bond donors (Lipinski definition) is 2. The van der Waals surface area contributed by atoms with Crippen LogP contribution in [0.3, 0.4) is 0 Å². The monoisotopic (exact) mass is 373 g/mol. The number of aromatic nitrogens is 1. The summed E-state index contributed by atoms with van der Waals surface area (Å²) in [5.74, 6) is -0.330. The van der Waals surface area contributed by atoms with Crippen molar-refractivity contribution in [2.45, 2.75) is 0 Å². The first kappa shape index (κ1) is 13.1. The van der Waals surface area contributed by atoms with Crippen LogP contribution in [0.1, 0.15) is 10.4 Å². The number of carbonyl (C=O) groups excluding carboxylic acids is 1. The molecular formula is C12H9ClIN3O. The normalized spacial score (nSPS) is 10.1. The number of halogens is 2. The van der Waals surface area contributed by atoms with E-state index in [1.807, 2.05) is 24.3 Å². The van der Waals surface area contributed by atoms with E-state index < -0.39 is 0 Å². The van der Waals surface area contributed by atoms with Crippen LogP contribution in [0.15, 0.2) is 36.5 Å². The van der Waals surface area contributed by atoms with Crippen LogP contribution in [0.5, 0.6) is 0 Å². The first-order valence-electron chi connectivity index (χ1n) is 5.05. The molecule has 0 aliphatic heterocycles. The lowest BCUT2D eigenvalue weighted by atomic mass is 10.2. The summed E-state index contributed by atoms with van der Waals surface area (Å²) in [7, 11) is 0. The number of pyridine rings is 1. The van der Waals surface area contributed by atoms with Gasteiger partial charge in [-0.1, -0.05) is 23.7 Å². The van der Waals surface area contributed by atoms with E-state index in [-0.39, 0.29) is 16.6 Å². The number of hydrogen-bond acceptors (Lipinski definition) is 3. The Labute approximate surface area is 123 Å². The van der Waals surface area contributed by atoms with Crippen molar-refractivity contribution in [1.29, 1.82) is 0 Å². The van der Waals surface area contributed by atoms with Gasteiger partial charge < -0.3 is 11.1 Å². The molecule has 4 nitrogen and oxygen atoms in total. The molecule has 3 N–H and O–H groups in total. The van der Waals surface area contributed by atoms with Crippen molar-refractivity contribution in [2.75, 3.05) is 11.1 Å². The highest BCUT2D eigenvalue weighted by Crippen LogP contribution is 2.20. The third-order valence-electron chi connectivity index (χ3n) is 2.23. The molecule has 0 atom stereocenters. The minimum absolute atomic E-state index is 0.132. The largest absolute Gasteiger partial charge is 0.397 e. The molecule has 2 aromatic rings. The third-order valence-corrected chi connectivity index (χ3v) is 3.47. The zero-order chi connectivity index (χ0) is 13.1. The van der Waals surface area contributed by atoms with Gasteiger partial charge in [-0.25, -0.2) is 4.98 Å². The lowest BCUT2D eigenvalue weighted by Crippen LogP contribution is -2.14. The van der Waals surface area contributed by atoms with Crippen LogP contribution < -0.4 is 11.1 Å².